The molecule has 0 aromatic heterocycles. The van der Waals surface area contributed by atoms with Gasteiger partial charge in [-0.2, -0.15) is 26.3 Å². The third-order valence-electron chi connectivity index (χ3n) is 8.72. The zero-order valence-corrected chi connectivity index (χ0v) is 24.0. The summed E-state index contributed by atoms with van der Waals surface area (Å²) in [6.45, 7) is 8.06. The predicted molar refractivity (Wildman–Crippen MR) is 142 cm³/mol. The van der Waals surface area contributed by atoms with Crippen molar-refractivity contribution in [2.24, 2.45) is 0 Å². The fourth-order valence-corrected chi connectivity index (χ4v) is 6.09. The highest BCUT2D eigenvalue weighted by molar-refractivity contribution is 5.87. The van der Waals surface area contributed by atoms with E-state index in [-0.39, 0.29) is 23.9 Å². The van der Waals surface area contributed by atoms with E-state index >= 15 is 0 Å². The molecule has 2 fully saturated rings. The first-order valence-electron chi connectivity index (χ1n) is 13.6. The van der Waals surface area contributed by atoms with Gasteiger partial charge in [-0.25, -0.2) is 4.39 Å². The molecule has 2 aliphatic heterocycles. The van der Waals surface area contributed by atoms with Gasteiger partial charge in [-0.05, 0) is 74.2 Å². The van der Waals surface area contributed by atoms with Gasteiger partial charge in [0.2, 0.25) is 11.8 Å². The van der Waals surface area contributed by atoms with Gasteiger partial charge in [-0.1, -0.05) is 6.07 Å². The Morgan fingerprint density at radius 2 is 1.43 bits per heavy atom. The smallest absolute Gasteiger partial charge is 0.341 e. The lowest BCUT2D eigenvalue weighted by Crippen LogP contribution is -2.64. The number of halogens is 7. The molecule has 2 atom stereocenters. The summed E-state index contributed by atoms with van der Waals surface area (Å²) in [5.41, 5.74) is -3.63. The van der Waals surface area contributed by atoms with E-state index in [9.17, 15) is 40.3 Å². The molecule has 0 spiro atoms. The number of nitrogens with zero attached hydrogens (tertiary/aromatic N) is 3. The van der Waals surface area contributed by atoms with Crippen molar-refractivity contribution >= 4 is 11.8 Å². The topological polar surface area (TPSA) is 43.9 Å². The molecule has 2 aromatic rings. The molecular weight excluding hydrogens is 567 g/mol. The van der Waals surface area contributed by atoms with E-state index < -0.39 is 52.2 Å². The predicted octanol–water partition coefficient (Wildman–Crippen LogP) is 6.00. The molecule has 230 valence electrons. The summed E-state index contributed by atoms with van der Waals surface area (Å²) in [4.78, 5) is 31.0. The van der Waals surface area contributed by atoms with Crippen LogP contribution in [0.3, 0.4) is 0 Å². The Hall–Kier alpha value is -3.15. The number of piperidine rings is 1. The van der Waals surface area contributed by atoms with Gasteiger partial charge in [-0.3, -0.25) is 14.5 Å². The van der Waals surface area contributed by atoms with Crippen LogP contribution in [0.25, 0.3) is 0 Å². The number of carbonyl (C=O) groups is 2. The Labute approximate surface area is 240 Å². The number of likely N-dealkylation sites (N-methyl/N-ethyl adjacent to an activating group) is 1. The molecular formula is C30H34F7N3O2. The van der Waals surface area contributed by atoms with Gasteiger partial charge in [0, 0.05) is 58.2 Å². The molecule has 0 saturated carbocycles. The number of hydrogen-bond acceptors (Lipinski definition) is 3. The van der Waals surface area contributed by atoms with Crippen LogP contribution >= 0.6 is 0 Å². The summed E-state index contributed by atoms with van der Waals surface area (Å²) in [5.74, 6) is -1.40. The van der Waals surface area contributed by atoms with E-state index in [1.165, 1.54) is 44.9 Å². The average molecular weight is 602 g/mol. The molecule has 2 aromatic carbocycles. The first-order valence-corrected chi connectivity index (χ1v) is 13.6. The second-order valence-corrected chi connectivity index (χ2v) is 11.9. The van der Waals surface area contributed by atoms with Crippen LogP contribution in [-0.4, -0.2) is 71.8 Å². The van der Waals surface area contributed by atoms with E-state index in [4.69, 9.17) is 0 Å². The number of carbonyl (C=O) groups excluding carboxylic acids is 2. The number of amides is 2. The van der Waals surface area contributed by atoms with Crippen molar-refractivity contribution in [1.29, 1.82) is 0 Å². The van der Waals surface area contributed by atoms with Gasteiger partial charge in [0.25, 0.3) is 0 Å². The van der Waals surface area contributed by atoms with Crippen molar-refractivity contribution in [3.05, 3.63) is 70.0 Å². The van der Waals surface area contributed by atoms with Crippen molar-refractivity contribution in [2.45, 2.75) is 69.9 Å². The Balaban J connectivity index is 1.67. The highest BCUT2D eigenvalue weighted by Gasteiger charge is 2.45. The van der Waals surface area contributed by atoms with Crippen LogP contribution in [0.2, 0.25) is 0 Å². The first kappa shape index (κ1) is 31.8. The third kappa shape index (κ3) is 6.28. The van der Waals surface area contributed by atoms with Crippen molar-refractivity contribution < 1.29 is 40.3 Å². The Kier molecular flexibility index (Phi) is 8.45. The third-order valence-corrected chi connectivity index (χ3v) is 8.72. The molecule has 0 N–H and O–H groups in total. The number of benzene rings is 2. The van der Waals surface area contributed by atoms with Crippen LogP contribution in [0.5, 0.6) is 0 Å². The van der Waals surface area contributed by atoms with Crippen molar-refractivity contribution in [3.8, 4) is 0 Å². The summed E-state index contributed by atoms with van der Waals surface area (Å²) in [7, 11) is 1.51. The largest absolute Gasteiger partial charge is 0.416 e. The van der Waals surface area contributed by atoms with E-state index in [1.54, 1.807) is 17.9 Å². The second kappa shape index (κ2) is 11.2. The van der Waals surface area contributed by atoms with Gasteiger partial charge in [0.15, 0.2) is 0 Å². The fourth-order valence-electron chi connectivity index (χ4n) is 6.09. The van der Waals surface area contributed by atoms with Crippen LogP contribution in [0.4, 0.5) is 30.7 Å². The fraction of sp³-hybridized carbons (Fsp3) is 0.533. The maximum Gasteiger partial charge on any atom is 0.416 e. The van der Waals surface area contributed by atoms with E-state index in [0.717, 1.165) is 5.56 Å². The lowest BCUT2D eigenvalue weighted by molar-refractivity contribution is -0.144. The molecule has 0 bridgehead atoms. The molecule has 2 saturated heterocycles. The molecule has 0 radical (unpaired) electrons. The van der Waals surface area contributed by atoms with E-state index in [0.29, 0.717) is 50.3 Å². The minimum Gasteiger partial charge on any atom is -0.341 e. The van der Waals surface area contributed by atoms with Crippen LogP contribution < -0.4 is 0 Å². The number of alkyl halides is 6. The zero-order valence-electron chi connectivity index (χ0n) is 24.0. The van der Waals surface area contributed by atoms with Gasteiger partial charge in [-0.15, -0.1) is 0 Å². The number of hydrogen-bond donors (Lipinski definition) is 0. The van der Waals surface area contributed by atoms with E-state index in [2.05, 4.69) is 4.90 Å². The summed E-state index contributed by atoms with van der Waals surface area (Å²) in [6.07, 6.45) is -9.62. The maximum atomic E-state index is 14.0. The van der Waals surface area contributed by atoms with Crippen LogP contribution in [-0.2, 0) is 27.4 Å². The number of likely N-dealkylation sites (tertiary alicyclic amines) is 2. The summed E-state index contributed by atoms with van der Waals surface area (Å²) in [6, 6.07) is 5.26. The van der Waals surface area contributed by atoms with Gasteiger partial charge in [0.1, 0.15) is 5.82 Å². The molecule has 42 heavy (non-hydrogen) atoms. The van der Waals surface area contributed by atoms with Crippen LogP contribution in [0, 0.1) is 12.7 Å². The Bertz CT molecular complexity index is 1320. The van der Waals surface area contributed by atoms with Gasteiger partial charge < -0.3 is 9.80 Å². The lowest BCUT2D eigenvalue weighted by Gasteiger charge is -2.51. The first-order chi connectivity index (χ1) is 19.3. The molecule has 5 nitrogen and oxygen atoms in total. The zero-order chi connectivity index (χ0) is 31.4. The van der Waals surface area contributed by atoms with Gasteiger partial charge >= 0.3 is 12.4 Å². The molecule has 2 aliphatic rings. The van der Waals surface area contributed by atoms with Crippen molar-refractivity contribution in [1.82, 2.24) is 14.7 Å². The van der Waals surface area contributed by atoms with Crippen LogP contribution in [0.15, 0.2) is 36.4 Å². The van der Waals surface area contributed by atoms with Crippen LogP contribution in [0.1, 0.15) is 60.9 Å². The molecule has 2 heterocycles. The standard InChI is InChI=1S/C30H34F7N3O2/c1-17-10-22(31)6-7-24(17)25-16-39(23-14-40(15-23)18(2)41)9-8-26(25)38(5)27(42)28(3,4)19-11-20(29(32,33)34)13-21(12-19)30(35,36)37/h6-7,10-13,23,25-26H,8-9,14-16H2,1-5H3/t25-,26+/m1/s1. The quantitative estimate of drug-likeness (QED) is 0.396. The Morgan fingerprint density at radius 1 is 0.881 bits per heavy atom. The number of rotatable bonds is 5. The summed E-state index contributed by atoms with van der Waals surface area (Å²) >= 11 is 0. The second-order valence-electron chi connectivity index (χ2n) is 11.9. The summed E-state index contributed by atoms with van der Waals surface area (Å²) < 4.78 is 95.4. The molecule has 0 unspecified atom stereocenters. The molecule has 4 rings (SSSR count). The SMILES string of the molecule is CC(=O)N1CC(N2CC[C@H](N(C)C(=O)C(C)(C)c3cc(C(F)(F)F)cc(C(F)(F)F)c3)[C@@H](c3ccc(F)cc3C)C2)C1. The summed E-state index contributed by atoms with van der Waals surface area (Å²) in [5, 5.41) is 0. The lowest BCUT2D eigenvalue weighted by atomic mass is 9.78. The minimum absolute atomic E-state index is 0.0251. The van der Waals surface area contributed by atoms with Crippen molar-refractivity contribution in [3.63, 3.8) is 0 Å². The monoisotopic (exact) mass is 601 g/mol. The average Bonchev–Trinajstić information content (AvgIpc) is 2.85. The maximum absolute atomic E-state index is 14.0. The molecule has 12 heteroatoms. The minimum atomic E-state index is -5.04. The van der Waals surface area contributed by atoms with E-state index in [1.807, 2.05) is 0 Å². The van der Waals surface area contributed by atoms with Crippen molar-refractivity contribution in [2.75, 3.05) is 33.2 Å². The molecule has 0 aliphatic carbocycles. The normalized spacial score (nSPS) is 20.8. The number of aryl methyl sites for hydroxylation is 1. The molecule has 2 amide bonds. The highest BCUT2D eigenvalue weighted by atomic mass is 19.4. The highest BCUT2D eigenvalue weighted by Crippen LogP contribution is 2.41. The Morgan fingerprint density at radius 3 is 1.93 bits per heavy atom. The van der Waals surface area contributed by atoms with Gasteiger partial charge in [0.05, 0.1) is 16.5 Å².